The summed E-state index contributed by atoms with van der Waals surface area (Å²) in [7, 11) is 0. The average Bonchev–Trinajstić information content (AvgIpc) is 1.82. The second-order valence-electron chi connectivity index (χ2n) is 3.48. The van der Waals surface area contributed by atoms with E-state index in [1.54, 1.807) is 6.92 Å². The Bertz CT molecular complexity index is 153. The van der Waals surface area contributed by atoms with Crippen molar-refractivity contribution in [3.8, 4) is 0 Å². The molecule has 0 aliphatic carbocycles. The summed E-state index contributed by atoms with van der Waals surface area (Å²) in [5.74, 6) is 3.44. The standard InChI is InChI=1S/C7H15BrGeO2/c1-5(7(10)11)6(2)9(3,4)8/h5-6H,1-4H3,(H,10,11). The molecule has 0 aromatic rings. The van der Waals surface area contributed by atoms with Crippen molar-refractivity contribution in [1.82, 2.24) is 0 Å². The summed E-state index contributed by atoms with van der Waals surface area (Å²) in [4.78, 5) is 10.6. The van der Waals surface area contributed by atoms with Gasteiger partial charge < -0.3 is 0 Å². The van der Waals surface area contributed by atoms with Crippen molar-refractivity contribution in [2.45, 2.75) is 30.1 Å². The Labute approximate surface area is 77.3 Å². The Hall–Kier alpha value is 0.493. The zero-order valence-electron chi connectivity index (χ0n) is 7.39. The van der Waals surface area contributed by atoms with Crippen molar-refractivity contribution in [2.24, 2.45) is 5.92 Å². The molecule has 2 atom stereocenters. The molecule has 1 N–H and O–H groups in total. The number of hydrogen-bond acceptors (Lipinski definition) is 1. The summed E-state index contributed by atoms with van der Waals surface area (Å²) >= 11 is 1.71. The van der Waals surface area contributed by atoms with Gasteiger partial charge in [-0.1, -0.05) is 0 Å². The third-order valence-corrected chi connectivity index (χ3v) is 11.6. The van der Waals surface area contributed by atoms with Crippen LogP contribution in [-0.2, 0) is 4.79 Å². The first-order valence-electron chi connectivity index (χ1n) is 3.68. The monoisotopic (exact) mass is 284 g/mol. The van der Waals surface area contributed by atoms with Gasteiger partial charge in [0.05, 0.1) is 0 Å². The summed E-state index contributed by atoms with van der Waals surface area (Å²) in [6.45, 7) is 3.80. The SMILES string of the molecule is CC(C(=O)O)[CH](C)[Ge]([CH3])([CH3])[Br]. The van der Waals surface area contributed by atoms with E-state index in [0.717, 1.165) is 0 Å². The van der Waals surface area contributed by atoms with Gasteiger partial charge in [-0.05, 0) is 0 Å². The number of halogens is 1. The van der Waals surface area contributed by atoms with Crippen LogP contribution in [0.25, 0.3) is 0 Å². The molecule has 0 aliphatic rings. The zero-order chi connectivity index (χ0) is 9.23. The van der Waals surface area contributed by atoms with Crippen molar-refractivity contribution in [3.63, 3.8) is 0 Å². The number of carbonyl (C=O) groups is 1. The topological polar surface area (TPSA) is 37.3 Å². The van der Waals surface area contributed by atoms with Gasteiger partial charge in [-0.25, -0.2) is 0 Å². The van der Waals surface area contributed by atoms with Crippen molar-refractivity contribution in [3.05, 3.63) is 0 Å². The first-order valence-corrected chi connectivity index (χ1v) is 14.0. The van der Waals surface area contributed by atoms with E-state index in [0.29, 0.717) is 4.75 Å². The average molecular weight is 284 g/mol. The fourth-order valence-electron chi connectivity index (χ4n) is 0.808. The van der Waals surface area contributed by atoms with Crippen LogP contribution in [-0.4, -0.2) is 22.5 Å². The minimum absolute atomic E-state index is 0.218. The Morgan fingerprint density at radius 1 is 1.45 bits per heavy atom. The summed E-state index contributed by atoms with van der Waals surface area (Å²) in [5, 5.41) is 8.72. The van der Waals surface area contributed by atoms with E-state index in [-0.39, 0.29) is 5.92 Å². The van der Waals surface area contributed by atoms with Crippen LogP contribution in [0.3, 0.4) is 0 Å². The first-order chi connectivity index (χ1) is 4.76. The van der Waals surface area contributed by atoms with Gasteiger partial charge in [-0.3, -0.25) is 0 Å². The maximum absolute atomic E-state index is 10.6. The van der Waals surface area contributed by atoms with Gasteiger partial charge in [-0.15, -0.1) is 0 Å². The summed E-state index contributed by atoms with van der Waals surface area (Å²) in [6, 6.07) is 0. The third-order valence-electron chi connectivity index (χ3n) is 2.22. The molecular weight excluding hydrogens is 269 g/mol. The third kappa shape index (κ3) is 3.60. The predicted octanol–water partition coefficient (Wildman–Crippen LogP) is 2.70. The zero-order valence-corrected chi connectivity index (χ0v) is 11.1. The molecule has 2 nitrogen and oxygen atoms in total. The van der Waals surface area contributed by atoms with Crippen LogP contribution in [0.5, 0.6) is 0 Å². The van der Waals surface area contributed by atoms with Crippen LogP contribution < -0.4 is 0 Å². The van der Waals surface area contributed by atoms with Crippen molar-refractivity contribution in [2.75, 3.05) is 0 Å². The van der Waals surface area contributed by atoms with E-state index in [4.69, 9.17) is 5.11 Å². The van der Waals surface area contributed by atoms with E-state index in [1.807, 2.05) is 6.92 Å². The van der Waals surface area contributed by atoms with Crippen LogP contribution in [0.2, 0.25) is 16.3 Å². The van der Waals surface area contributed by atoms with E-state index >= 15 is 0 Å². The molecule has 0 rings (SSSR count). The summed E-state index contributed by atoms with van der Waals surface area (Å²) in [5.41, 5.74) is 0. The van der Waals surface area contributed by atoms with Crippen molar-refractivity contribution >= 4 is 31.4 Å². The van der Waals surface area contributed by atoms with Crippen LogP contribution in [0.1, 0.15) is 13.8 Å². The van der Waals surface area contributed by atoms with Gasteiger partial charge >= 0.3 is 77.3 Å². The number of rotatable bonds is 3. The fourth-order valence-corrected chi connectivity index (χ4v) is 5.66. The van der Waals surface area contributed by atoms with Crippen LogP contribution in [0, 0.1) is 5.92 Å². The molecule has 4 heteroatoms. The Kier molecular flexibility index (Phi) is 4.12. The first kappa shape index (κ1) is 11.5. The molecule has 0 amide bonds. The van der Waals surface area contributed by atoms with E-state index < -0.39 is 17.4 Å². The van der Waals surface area contributed by atoms with Crippen LogP contribution >= 0.6 is 14.0 Å². The predicted molar refractivity (Wildman–Crippen MR) is 52.6 cm³/mol. The Morgan fingerprint density at radius 3 is 1.91 bits per heavy atom. The van der Waals surface area contributed by atoms with Gasteiger partial charge in [0.2, 0.25) is 0 Å². The van der Waals surface area contributed by atoms with Crippen molar-refractivity contribution in [1.29, 1.82) is 0 Å². The summed E-state index contributed by atoms with van der Waals surface area (Å²) in [6.07, 6.45) is 0. The van der Waals surface area contributed by atoms with Gasteiger partial charge in [0.25, 0.3) is 0 Å². The van der Waals surface area contributed by atoms with E-state index in [9.17, 15) is 4.79 Å². The molecular formula is C7H15BrGeO2. The van der Waals surface area contributed by atoms with Gasteiger partial charge in [0.15, 0.2) is 0 Å². The number of carboxylic acids is 1. The van der Waals surface area contributed by atoms with Gasteiger partial charge in [0.1, 0.15) is 0 Å². The second-order valence-corrected chi connectivity index (χ2v) is 22.6. The van der Waals surface area contributed by atoms with Gasteiger partial charge in [-0.2, -0.15) is 0 Å². The molecule has 0 heterocycles. The molecule has 66 valence electrons. The molecule has 11 heavy (non-hydrogen) atoms. The number of hydrogen-bond donors (Lipinski definition) is 1. The molecule has 0 fully saturated rings. The quantitative estimate of drug-likeness (QED) is 0.809. The fraction of sp³-hybridized carbons (Fsp3) is 0.857. The maximum atomic E-state index is 10.6. The van der Waals surface area contributed by atoms with Crippen LogP contribution in [0.4, 0.5) is 0 Å². The van der Waals surface area contributed by atoms with Gasteiger partial charge in [0, 0.05) is 0 Å². The Morgan fingerprint density at radius 2 is 1.82 bits per heavy atom. The second kappa shape index (κ2) is 3.94. The molecule has 0 aromatic heterocycles. The molecule has 0 radical (unpaired) electrons. The molecule has 2 unspecified atom stereocenters. The molecule has 0 aromatic carbocycles. The number of carboxylic acid groups (broad SMARTS) is 1. The Balaban J connectivity index is 4.25. The summed E-state index contributed by atoms with van der Waals surface area (Å²) < 4.78 is 0.312. The number of aliphatic carboxylic acids is 1. The molecule has 0 bridgehead atoms. The molecule has 0 spiro atoms. The normalized spacial score (nSPS) is 17.5. The van der Waals surface area contributed by atoms with Crippen LogP contribution in [0.15, 0.2) is 0 Å². The minimum atomic E-state index is -1.93. The van der Waals surface area contributed by atoms with E-state index in [2.05, 4.69) is 25.5 Å². The molecule has 0 saturated heterocycles. The molecule has 0 aliphatic heterocycles. The molecule has 0 saturated carbocycles. The van der Waals surface area contributed by atoms with E-state index in [1.165, 1.54) is 0 Å². The van der Waals surface area contributed by atoms with Crippen molar-refractivity contribution < 1.29 is 9.90 Å².